The van der Waals surface area contributed by atoms with Crippen LogP contribution in [0.5, 0.6) is 11.5 Å². The largest absolute Gasteiger partial charge is 0.493 e. The van der Waals surface area contributed by atoms with Crippen LogP contribution in [-0.2, 0) is 6.42 Å². The Kier molecular flexibility index (Phi) is 5.68. The van der Waals surface area contributed by atoms with Crippen molar-refractivity contribution in [3.05, 3.63) is 23.8 Å². The van der Waals surface area contributed by atoms with Gasteiger partial charge in [-0.1, -0.05) is 6.07 Å². The first-order chi connectivity index (χ1) is 9.74. The van der Waals surface area contributed by atoms with Crippen molar-refractivity contribution >= 4 is 0 Å². The molecular weight excluding hydrogens is 252 g/mol. The molecule has 1 N–H and O–H groups in total. The lowest BCUT2D eigenvalue weighted by Crippen LogP contribution is -2.44. The van der Waals surface area contributed by atoms with E-state index >= 15 is 0 Å². The predicted octanol–water partition coefficient (Wildman–Crippen LogP) is 1.93. The molecule has 4 heteroatoms. The van der Waals surface area contributed by atoms with Gasteiger partial charge in [0.15, 0.2) is 11.5 Å². The van der Waals surface area contributed by atoms with E-state index in [4.69, 9.17) is 9.47 Å². The molecule has 0 bridgehead atoms. The summed E-state index contributed by atoms with van der Waals surface area (Å²) in [4.78, 5) is 2.46. The molecule has 1 aromatic carbocycles. The van der Waals surface area contributed by atoms with Gasteiger partial charge in [0.05, 0.1) is 14.2 Å². The number of nitrogens with one attached hydrogen (secondary N) is 1. The van der Waals surface area contributed by atoms with Crippen LogP contribution in [0.4, 0.5) is 0 Å². The lowest BCUT2D eigenvalue weighted by atomic mass is 10.1. The number of piperidine rings is 1. The summed E-state index contributed by atoms with van der Waals surface area (Å²) in [5.74, 6) is 1.60. The SMILES string of the molecule is COc1ccc(CCN(C)C2CCCNC2)cc1OC. The molecule has 1 aliphatic rings. The van der Waals surface area contributed by atoms with E-state index in [2.05, 4.69) is 29.4 Å². The smallest absolute Gasteiger partial charge is 0.160 e. The van der Waals surface area contributed by atoms with Crippen LogP contribution >= 0.6 is 0 Å². The van der Waals surface area contributed by atoms with Crippen LogP contribution < -0.4 is 14.8 Å². The molecule has 0 aliphatic carbocycles. The van der Waals surface area contributed by atoms with E-state index in [0.717, 1.165) is 31.0 Å². The van der Waals surface area contributed by atoms with Crippen molar-refractivity contribution in [3.63, 3.8) is 0 Å². The number of benzene rings is 1. The van der Waals surface area contributed by atoms with Gasteiger partial charge in [0.25, 0.3) is 0 Å². The highest BCUT2D eigenvalue weighted by Crippen LogP contribution is 2.27. The van der Waals surface area contributed by atoms with Gasteiger partial charge in [-0.15, -0.1) is 0 Å². The lowest BCUT2D eigenvalue weighted by Gasteiger charge is -2.31. The maximum atomic E-state index is 5.35. The van der Waals surface area contributed by atoms with Crippen LogP contribution in [0.15, 0.2) is 18.2 Å². The monoisotopic (exact) mass is 278 g/mol. The molecule has 0 aromatic heterocycles. The third-order valence-electron chi connectivity index (χ3n) is 4.10. The van der Waals surface area contributed by atoms with E-state index in [-0.39, 0.29) is 0 Å². The summed E-state index contributed by atoms with van der Waals surface area (Å²) in [6.07, 6.45) is 3.62. The zero-order valence-electron chi connectivity index (χ0n) is 12.8. The summed E-state index contributed by atoms with van der Waals surface area (Å²) in [6, 6.07) is 6.85. The van der Waals surface area contributed by atoms with Crippen molar-refractivity contribution in [1.82, 2.24) is 10.2 Å². The van der Waals surface area contributed by atoms with Gasteiger partial charge in [0.1, 0.15) is 0 Å². The van der Waals surface area contributed by atoms with Crippen molar-refractivity contribution in [1.29, 1.82) is 0 Å². The fourth-order valence-electron chi connectivity index (χ4n) is 2.73. The Balaban J connectivity index is 1.89. The van der Waals surface area contributed by atoms with E-state index in [1.165, 1.54) is 24.9 Å². The predicted molar refractivity (Wildman–Crippen MR) is 81.8 cm³/mol. The molecule has 112 valence electrons. The zero-order valence-corrected chi connectivity index (χ0v) is 12.8. The van der Waals surface area contributed by atoms with Crippen LogP contribution in [-0.4, -0.2) is 51.8 Å². The van der Waals surface area contributed by atoms with Crippen LogP contribution in [0.25, 0.3) is 0 Å². The Morgan fingerprint density at radius 2 is 2.05 bits per heavy atom. The van der Waals surface area contributed by atoms with E-state index in [0.29, 0.717) is 6.04 Å². The molecule has 0 spiro atoms. The summed E-state index contributed by atoms with van der Waals surface area (Å²) in [5, 5.41) is 3.47. The van der Waals surface area contributed by atoms with E-state index in [1.54, 1.807) is 14.2 Å². The van der Waals surface area contributed by atoms with E-state index < -0.39 is 0 Å². The highest BCUT2D eigenvalue weighted by Gasteiger charge is 2.17. The summed E-state index contributed by atoms with van der Waals surface area (Å²) < 4.78 is 10.6. The average molecular weight is 278 g/mol. The Morgan fingerprint density at radius 1 is 1.25 bits per heavy atom. The Labute approximate surface area is 122 Å². The molecular formula is C16H26N2O2. The van der Waals surface area contributed by atoms with E-state index in [9.17, 15) is 0 Å². The van der Waals surface area contributed by atoms with Crippen LogP contribution in [0.1, 0.15) is 18.4 Å². The Bertz CT molecular complexity index is 417. The number of hydrogen-bond acceptors (Lipinski definition) is 4. The maximum Gasteiger partial charge on any atom is 0.160 e. The van der Waals surface area contributed by atoms with Gasteiger partial charge >= 0.3 is 0 Å². The number of ether oxygens (including phenoxy) is 2. The second-order valence-corrected chi connectivity index (χ2v) is 5.42. The van der Waals surface area contributed by atoms with Gasteiger partial charge in [-0.25, -0.2) is 0 Å². The number of rotatable bonds is 6. The number of hydrogen-bond donors (Lipinski definition) is 1. The topological polar surface area (TPSA) is 33.7 Å². The molecule has 1 saturated heterocycles. The molecule has 1 aromatic rings. The Hall–Kier alpha value is -1.26. The zero-order chi connectivity index (χ0) is 14.4. The van der Waals surface area contributed by atoms with Crippen molar-refractivity contribution in [3.8, 4) is 11.5 Å². The first-order valence-electron chi connectivity index (χ1n) is 7.36. The van der Waals surface area contributed by atoms with Gasteiger partial charge in [-0.2, -0.15) is 0 Å². The quantitative estimate of drug-likeness (QED) is 0.862. The number of nitrogens with zero attached hydrogens (tertiary/aromatic N) is 1. The molecule has 0 saturated carbocycles. The lowest BCUT2D eigenvalue weighted by molar-refractivity contribution is 0.205. The molecule has 1 fully saturated rings. The normalized spacial score (nSPS) is 19.1. The van der Waals surface area contributed by atoms with Crippen molar-refractivity contribution in [2.75, 3.05) is 40.9 Å². The molecule has 1 heterocycles. The van der Waals surface area contributed by atoms with E-state index in [1.807, 2.05) is 6.07 Å². The van der Waals surface area contributed by atoms with Crippen molar-refractivity contribution in [2.45, 2.75) is 25.3 Å². The van der Waals surface area contributed by atoms with Gasteiger partial charge in [-0.3, -0.25) is 0 Å². The summed E-state index contributed by atoms with van der Waals surface area (Å²) in [7, 11) is 5.57. The Morgan fingerprint density at radius 3 is 2.70 bits per heavy atom. The molecule has 1 aliphatic heterocycles. The fourth-order valence-corrected chi connectivity index (χ4v) is 2.73. The molecule has 1 unspecified atom stereocenters. The number of likely N-dealkylation sites (N-methyl/N-ethyl adjacent to an activating group) is 1. The summed E-state index contributed by atoms with van der Waals surface area (Å²) in [5.41, 5.74) is 1.29. The molecule has 2 rings (SSSR count). The standard InChI is InChI=1S/C16H26N2O2/c1-18(14-5-4-9-17-12-14)10-8-13-6-7-15(19-2)16(11-13)20-3/h6-7,11,14,17H,4-5,8-10,12H2,1-3H3. The summed E-state index contributed by atoms with van der Waals surface area (Å²) in [6.45, 7) is 3.35. The van der Waals surface area contributed by atoms with Crippen LogP contribution in [0.2, 0.25) is 0 Å². The molecule has 0 radical (unpaired) electrons. The average Bonchev–Trinajstić information content (AvgIpc) is 2.53. The molecule has 4 nitrogen and oxygen atoms in total. The van der Waals surface area contributed by atoms with Crippen molar-refractivity contribution < 1.29 is 9.47 Å². The second-order valence-electron chi connectivity index (χ2n) is 5.42. The van der Waals surface area contributed by atoms with Gasteiger partial charge in [0, 0.05) is 19.1 Å². The maximum absolute atomic E-state index is 5.35. The third-order valence-corrected chi connectivity index (χ3v) is 4.10. The molecule has 20 heavy (non-hydrogen) atoms. The second kappa shape index (κ2) is 7.50. The minimum absolute atomic E-state index is 0.670. The minimum atomic E-state index is 0.670. The highest BCUT2D eigenvalue weighted by molar-refractivity contribution is 5.42. The van der Waals surface area contributed by atoms with Crippen LogP contribution in [0.3, 0.4) is 0 Å². The highest BCUT2D eigenvalue weighted by atomic mass is 16.5. The van der Waals surface area contributed by atoms with Gasteiger partial charge < -0.3 is 19.7 Å². The van der Waals surface area contributed by atoms with Crippen LogP contribution in [0, 0.1) is 0 Å². The first-order valence-corrected chi connectivity index (χ1v) is 7.36. The molecule has 0 amide bonds. The fraction of sp³-hybridized carbons (Fsp3) is 0.625. The van der Waals surface area contributed by atoms with Gasteiger partial charge in [0.2, 0.25) is 0 Å². The minimum Gasteiger partial charge on any atom is -0.493 e. The molecule has 1 atom stereocenters. The van der Waals surface area contributed by atoms with Gasteiger partial charge in [-0.05, 0) is 50.6 Å². The number of methoxy groups -OCH3 is 2. The third kappa shape index (κ3) is 3.87. The summed E-state index contributed by atoms with van der Waals surface area (Å²) >= 11 is 0. The van der Waals surface area contributed by atoms with Crippen molar-refractivity contribution in [2.24, 2.45) is 0 Å². The first kappa shape index (κ1) is 15.1.